The van der Waals surface area contributed by atoms with Crippen LogP contribution in [0.1, 0.15) is 30.5 Å². The van der Waals surface area contributed by atoms with Crippen molar-refractivity contribution in [1.29, 1.82) is 5.26 Å². The van der Waals surface area contributed by atoms with E-state index in [1.165, 1.54) is 0 Å². The highest BCUT2D eigenvalue weighted by Gasteiger charge is 2.19. The Hall–Kier alpha value is -1.53. The fraction of sp³-hybridized carbons (Fsp3) is 0.462. The third-order valence-corrected chi connectivity index (χ3v) is 2.46. The van der Waals surface area contributed by atoms with Crippen LogP contribution in [0.15, 0.2) is 12.1 Å². The van der Waals surface area contributed by atoms with E-state index in [9.17, 15) is 0 Å². The van der Waals surface area contributed by atoms with Crippen molar-refractivity contribution in [3.05, 3.63) is 28.8 Å². The van der Waals surface area contributed by atoms with E-state index >= 15 is 0 Å². The highest BCUT2D eigenvalue weighted by Crippen LogP contribution is 2.27. The van der Waals surface area contributed by atoms with Crippen LogP contribution in [-0.4, -0.2) is 12.1 Å². The number of ether oxygens (including phenoxy) is 1. The first kappa shape index (κ1) is 12.5. The summed E-state index contributed by atoms with van der Waals surface area (Å²) in [7, 11) is 0. The molecule has 1 aromatic rings. The van der Waals surface area contributed by atoms with E-state index in [0.717, 1.165) is 16.9 Å². The van der Waals surface area contributed by atoms with Crippen molar-refractivity contribution in [2.75, 3.05) is 6.54 Å². The molecule has 1 aromatic carbocycles. The van der Waals surface area contributed by atoms with Crippen LogP contribution in [0.25, 0.3) is 0 Å². The molecule has 0 aliphatic heterocycles. The maximum atomic E-state index is 8.85. The maximum Gasteiger partial charge on any atom is 0.126 e. The van der Waals surface area contributed by atoms with Crippen molar-refractivity contribution in [3.63, 3.8) is 0 Å². The van der Waals surface area contributed by atoms with Gasteiger partial charge in [-0.15, -0.1) is 0 Å². The van der Waals surface area contributed by atoms with Gasteiger partial charge in [-0.2, -0.15) is 5.26 Å². The van der Waals surface area contributed by atoms with Crippen LogP contribution in [0.3, 0.4) is 0 Å². The van der Waals surface area contributed by atoms with Crippen molar-refractivity contribution >= 4 is 0 Å². The predicted molar refractivity (Wildman–Crippen MR) is 64.4 cm³/mol. The molecule has 0 heterocycles. The molecule has 1 rings (SSSR count). The maximum absolute atomic E-state index is 8.85. The largest absolute Gasteiger partial charge is 0.486 e. The minimum absolute atomic E-state index is 0.385. The first-order valence-corrected chi connectivity index (χ1v) is 5.30. The Morgan fingerprint density at radius 3 is 2.19 bits per heavy atom. The summed E-state index contributed by atoms with van der Waals surface area (Å²) < 4.78 is 5.88. The Kier molecular flexibility index (Phi) is 3.56. The van der Waals surface area contributed by atoms with Crippen LogP contribution < -0.4 is 10.5 Å². The number of hydrogen-bond acceptors (Lipinski definition) is 3. The van der Waals surface area contributed by atoms with Gasteiger partial charge >= 0.3 is 0 Å². The minimum atomic E-state index is -0.385. The second kappa shape index (κ2) is 4.54. The first-order chi connectivity index (χ1) is 7.39. The van der Waals surface area contributed by atoms with Crippen molar-refractivity contribution in [3.8, 4) is 11.8 Å². The zero-order chi connectivity index (χ0) is 12.3. The second-order valence-corrected chi connectivity index (χ2v) is 4.62. The average Bonchev–Trinajstić information content (AvgIpc) is 2.23. The van der Waals surface area contributed by atoms with E-state index in [1.54, 1.807) is 0 Å². The van der Waals surface area contributed by atoms with Gasteiger partial charge < -0.3 is 10.5 Å². The molecule has 0 fully saturated rings. The Labute approximate surface area is 96.8 Å². The zero-order valence-electron chi connectivity index (χ0n) is 10.3. The molecule has 0 aliphatic rings. The molecule has 0 atom stereocenters. The van der Waals surface area contributed by atoms with Crippen LogP contribution in [-0.2, 0) is 0 Å². The molecule has 16 heavy (non-hydrogen) atoms. The molecule has 0 saturated carbocycles. The number of nitrogens with two attached hydrogens (primary N) is 1. The van der Waals surface area contributed by atoms with E-state index in [0.29, 0.717) is 12.1 Å². The molecule has 0 saturated heterocycles. The summed E-state index contributed by atoms with van der Waals surface area (Å²) in [4.78, 5) is 0. The molecule has 0 radical (unpaired) electrons. The standard InChI is InChI=1S/C13H18N2O/c1-9-5-11(7-14)6-10(2)12(9)16-13(3,4)8-15/h5-6H,8,15H2,1-4H3. The number of rotatable bonds is 3. The topological polar surface area (TPSA) is 59.0 Å². The van der Waals surface area contributed by atoms with E-state index in [4.69, 9.17) is 15.7 Å². The molecule has 0 bridgehead atoms. The minimum Gasteiger partial charge on any atom is -0.486 e. The van der Waals surface area contributed by atoms with Crippen LogP contribution >= 0.6 is 0 Å². The van der Waals surface area contributed by atoms with Gasteiger partial charge in [-0.25, -0.2) is 0 Å². The van der Waals surface area contributed by atoms with Gasteiger partial charge in [-0.3, -0.25) is 0 Å². The van der Waals surface area contributed by atoms with Crippen LogP contribution in [0.5, 0.6) is 5.75 Å². The quantitative estimate of drug-likeness (QED) is 0.846. The molecule has 3 heteroatoms. The molecule has 0 aromatic heterocycles. The van der Waals surface area contributed by atoms with Gasteiger partial charge in [-0.05, 0) is 51.0 Å². The lowest BCUT2D eigenvalue weighted by Crippen LogP contribution is -2.37. The number of aryl methyl sites for hydroxylation is 2. The highest BCUT2D eigenvalue weighted by atomic mass is 16.5. The normalized spacial score (nSPS) is 11.0. The van der Waals surface area contributed by atoms with Crippen molar-refractivity contribution in [2.24, 2.45) is 5.73 Å². The summed E-state index contributed by atoms with van der Waals surface area (Å²) in [5.41, 5.74) is 7.85. The fourth-order valence-corrected chi connectivity index (χ4v) is 1.49. The predicted octanol–water partition coefficient (Wildman–Crippen LogP) is 2.29. The van der Waals surface area contributed by atoms with Crippen molar-refractivity contribution in [1.82, 2.24) is 0 Å². The first-order valence-electron chi connectivity index (χ1n) is 5.30. The van der Waals surface area contributed by atoms with Gasteiger partial charge in [0.15, 0.2) is 0 Å². The third-order valence-electron chi connectivity index (χ3n) is 2.46. The number of benzene rings is 1. The summed E-state index contributed by atoms with van der Waals surface area (Å²) in [6.45, 7) is 8.23. The number of nitrogens with zero attached hydrogens (tertiary/aromatic N) is 1. The molecule has 0 aliphatic carbocycles. The van der Waals surface area contributed by atoms with Gasteiger partial charge in [0.1, 0.15) is 11.4 Å². The molecule has 0 unspecified atom stereocenters. The highest BCUT2D eigenvalue weighted by molar-refractivity contribution is 5.47. The molecular formula is C13H18N2O. The summed E-state index contributed by atoms with van der Waals surface area (Å²) in [6, 6.07) is 5.79. The van der Waals surface area contributed by atoms with Crippen molar-refractivity contribution in [2.45, 2.75) is 33.3 Å². The lowest BCUT2D eigenvalue weighted by Gasteiger charge is -2.27. The molecular weight excluding hydrogens is 200 g/mol. The van der Waals surface area contributed by atoms with Crippen LogP contribution in [0, 0.1) is 25.2 Å². The fourth-order valence-electron chi connectivity index (χ4n) is 1.49. The lowest BCUT2D eigenvalue weighted by atomic mass is 10.0. The number of hydrogen-bond donors (Lipinski definition) is 1. The Balaban J connectivity index is 3.12. The third kappa shape index (κ3) is 2.74. The van der Waals surface area contributed by atoms with E-state index < -0.39 is 0 Å². The monoisotopic (exact) mass is 218 g/mol. The van der Waals surface area contributed by atoms with Crippen LogP contribution in [0.4, 0.5) is 0 Å². The van der Waals surface area contributed by atoms with Crippen molar-refractivity contribution < 1.29 is 4.74 Å². The number of nitriles is 1. The Bertz CT molecular complexity index is 407. The average molecular weight is 218 g/mol. The van der Waals surface area contributed by atoms with Crippen LogP contribution in [0.2, 0.25) is 0 Å². The van der Waals surface area contributed by atoms with Gasteiger partial charge in [0.05, 0.1) is 11.6 Å². The molecule has 86 valence electrons. The molecule has 2 N–H and O–H groups in total. The molecule has 0 spiro atoms. The van der Waals surface area contributed by atoms with E-state index in [2.05, 4.69) is 6.07 Å². The summed E-state index contributed by atoms with van der Waals surface area (Å²) >= 11 is 0. The SMILES string of the molecule is Cc1cc(C#N)cc(C)c1OC(C)(C)CN. The summed E-state index contributed by atoms with van der Waals surface area (Å²) in [5.74, 6) is 0.828. The Morgan fingerprint density at radius 2 is 1.81 bits per heavy atom. The van der Waals surface area contributed by atoms with Gasteiger partial charge in [0, 0.05) is 6.54 Å². The smallest absolute Gasteiger partial charge is 0.126 e. The lowest BCUT2D eigenvalue weighted by molar-refractivity contribution is 0.117. The second-order valence-electron chi connectivity index (χ2n) is 4.62. The van der Waals surface area contributed by atoms with Gasteiger partial charge in [-0.1, -0.05) is 0 Å². The molecule has 3 nitrogen and oxygen atoms in total. The summed E-state index contributed by atoms with van der Waals surface area (Å²) in [6.07, 6.45) is 0. The van der Waals surface area contributed by atoms with Gasteiger partial charge in [0.25, 0.3) is 0 Å². The molecule has 0 amide bonds. The summed E-state index contributed by atoms with van der Waals surface area (Å²) in [5, 5.41) is 8.85. The van der Waals surface area contributed by atoms with E-state index in [1.807, 2.05) is 39.8 Å². The Morgan fingerprint density at radius 1 is 1.31 bits per heavy atom. The zero-order valence-corrected chi connectivity index (χ0v) is 10.3. The van der Waals surface area contributed by atoms with E-state index in [-0.39, 0.29) is 5.60 Å². The van der Waals surface area contributed by atoms with Gasteiger partial charge in [0.2, 0.25) is 0 Å².